The molecule has 0 nitrogen and oxygen atoms in total. The molecule has 102 valence electrons. The van der Waals surface area contributed by atoms with Gasteiger partial charge in [-0.25, -0.2) is 0 Å². The molecule has 0 aliphatic heterocycles. The SMILES string of the molecule is CC(C)(C)[CH2][Ge]([CH3])([CH2]C(C)(C)C)[c]1ccccc1. The first-order valence-electron chi connectivity index (χ1n) is 7.07. The van der Waals surface area contributed by atoms with Crippen molar-refractivity contribution in [3.8, 4) is 0 Å². The number of hydrogen-bond acceptors (Lipinski definition) is 0. The molecule has 0 spiro atoms. The Labute approximate surface area is 117 Å². The average molecular weight is 307 g/mol. The van der Waals surface area contributed by atoms with Gasteiger partial charge in [0.15, 0.2) is 0 Å². The van der Waals surface area contributed by atoms with Crippen molar-refractivity contribution in [2.24, 2.45) is 10.8 Å². The van der Waals surface area contributed by atoms with Crippen LogP contribution < -0.4 is 4.40 Å². The molecule has 0 atom stereocenters. The third kappa shape index (κ3) is 5.18. The normalized spacial score (nSPS) is 13.7. The molecule has 1 aromatic rings. The second-order valence-corrected chi connectivity index (χ2v) is 17.6. The van der Waals surface area contributed by atoms with E-state index in [1.165, 1.54) is 10.5 Å². The van der Waals surface area contributed by atoms with Crippen LogP contribution in [0.3, 0.4) is 0 Å². The molecule has 0 aliphatic carbocycles. The van der Waals surface area contributed by atoms with E-state index in [-0.39, 0.29) is 0 Å². The fourth-order valence-electron chi connectivity index (χ4n) is 3.45. The first-order chi connectivity index (χ1) is 8.02. The van der Waals surface area contributed by atoms with Crippen LogP contribution >= 0.6 is 0 Å². The molecule has 0 aromatic heterocycles. The van der Waals surface area contributed by atoms with Crippen molar-refractivity contribution >= 4 is 17.7 Å². The molecule has 0 saturated carbocycles. The van der Waals surface area contributed by atoms with Crippen LogP contribution in [0.1, 0.15) is 41.5 Å². The Morgan fingerprint density at radius 3 is 1.50 bits per heavy atom. The molecule has 0 bridgehead atoms. The summed E-state index contributed by atoms with van der Waals surface area (Å²) in [5, 5.41) is 2.82. The van der Waals surface area contributed by atoms with Gasteiger partial charge in [-0.05, 0) is 0 Å². The van der Waals surface area contributed by atoms with Gasteiger partial charge in [-0.2, -0.15) is 0 Å². The molecule has 0 saturated heterocycles. The monoisotopic (exact) mass is 308 g/mol. The van der Waals surface area contributed by atoms with Crippen molar-refractivity contribution in [3.05, 3.63) is 30.3 Å². The van der Waals surface area contributed by atoms with Gasteiger partial charge in [-0.15, -0.1) is 0 Å². The van der Waals surface area contributed by atoms with E-state index in [2.05, 4.69) is 77.6 Å². The molecular weight excluding hydrogens is 277 g/mol. The van der Waals surface area contributed by atoms with Crippen LogP contribution in [-0.2, 0) is 0 Å². The third-order valence-corrected chi connectivity index (χ3v) is 14.7. The summed E-state index contributed by atoms with van der Waals surface area (Å²) in [5.74, 6) is 2.62. The minimum atomic E-state index is -1.98. The molecule has 0 N–H and O–H groups in total. The molecule has 0 unspecified atom stereocenters. The van der Waals surface area contributed by atoms with E-state index in [1.807, 2.05) is 0 Å². The van der Waals surface area contributed by atoms with Crippen LogP contribution in [0.15, 0.2) is 30.3 Å². The maximum atomic E-state index is 2.62. The maximum absolute atomic E-state index is 2.62. The van der Waals surface area contributed by atoms with E-state index in [4.69, 9.17) is 0 Å². The molecule has 0 fully saturated rings. The fraction of sp³-hybridized carbons (Fsp3) is 0.647. The van der Waals surface area contributed by atoms with Gasteiger partial charge in [-0.1, -0.05) is 0 Å². The van der Waals surface area contributed by atoms with Gasteiger partial charge in [-0.3, -0.25) is 0 Å². The number of benzene rings is 1. The van der Waals surface area contributed by atoms with E-state index < -0.39 is 13.3 Å². The Morgan fingerprint density at radius 2 is 1.17 bits per heavy atom. The van der Waals surface area contributed by atoms with Gasteiger partial charge < -0.3 is 0 Å². The zero-order chi connectivity index (χ0) is 14.0. The molecule has 0 amide bonds. The molecule has 0 heterocycles. The summed E-state index contributed by atoms with van der Waals surface area (Å²) in [6, 6.07) is 11.3. The molecule has 0 aliphatic rings. The molecule has 18 heavy (non-hydrogen) atoms. The summed E-state index contributed by atoms with van der Waals surface area (Å²) in [5.41, 5.74) is 0.881. The van der Waals surface area contributed by atoms with Crippen molar-refractivity contribution in [3.63, 3.8) is 0 Å². The Kier molecular flexibility index (Phi) is 4.75. The van der Waals surface area contributed by atoms with E-state index >= 15 is 0 Å². The van der Waals surface area contributed by atoms with Crippen LogP contribution in [0.2, 0.25) is 16.3 Å². The summed E-state index contributed by atoms with van der Waals surface area (Å²) in [4.78, 5) is 0. The zero-order valence-electron chi connectivity index (χ0n) is 13.3. The molecular formula is C17H30Ge. The fourth-order valence-corrected chi connectivity index (χ4v) is 16.5. The summed E-state index contributed by atoms with van der Waals surface area (Å²) in [6.07, 6.45) is 0. The Balaban J connectivity index is 3.09. The van der Waals surface area contributed by atoms with Crippen molar-refractivity contribution in [1.82, 2.24) is 0 Å². The van der Waals surface area contributed by atoms with E-state index in [1.54, 1.807) is 4.40 Å². The summed E-state index contributed by atoms with van der Waals surface area (Å²) >= 11 is -1.98. The first-order valence-corrected chi connectivity index (χ1v) is 13.2. The summed E-state index contributed by atoms with van der Waals surface area (Å²) < 4.78 is 1.67. The van der Waals surface area contributed by atoms with E-state index in [9.17, 15) is 0 Å². The summed E-state index contributed by atoms with van der Waals surface area (Å²) in [6.45, 7) is 14.3. The van der Waals surface area contributed by atoms with Crippen LogP contribution in [0.5, 0.6) is 0 Å². The standard InChI is InChI=1S/C17H30Ge/c1-16(2,3)13-18(7,14-17(4,5)6)15-11-9-8-10-12-15/h8-12H,13-14H2,1-7H3. The average Bonchev–Trinajstić information content (AvgIpc) is 2.13. The van der Waals surface area contributed by atoms with E-state index in [0.717, 1.165) is 0 Å². The van der Waals surface area contributed by atoms with E-state index in [0.29, 0.717) is 10.8 Å². The minimum absolute atomic E-state index is 0.440. The summed E-state index contributed by atoms with van der Waals surface area (Å²) in [7, 11) is 0. The first kappa shape index (κ1) is 15.8. The van der Waals surface area contributed by atoms with Gasteiger partial charge in [0.05, 0.1) is 0 Å². The topological polar surface area (TPSA) is 0 Å². The molecule has 1 rings (SSSR count). The van der Waals surface area contributed by atoms with Crippen molar-refractivity contribution in [2.75, 3.05) is 0 Å². The van der Waals surface area contributed by atoms with Gasteiger partial charge in [0.25, 0.3) is 0 Å². The predicted octanol–water partition coefficient (Wildman–Crippen LogP) is 5.06. The van der Waals surface area contributed by atoms with Crippen molar-refractivity contribution in [2.45, 2.75) is 57.8 Å². The van der Waals surface area contributed by atoms with Gasteiger partial charge in [0.2, 0.25) is 0 Å². The van der Waals surface area contributed by atoms with Gasteiger partial charge >= 0.3 is 117 Å². The number of rotatable bonds is 3. The molecule has 0 radical (unpaired) electrons. The van der Waals surface area contributed by atoms with Gasteiger partial charge in [0.1, 0.15) is 0 Å². The van der Waals surface area contributed by atoms with Crippen molar-refractivity contribution < 1.29 is 0 Å². The molecule has 1 heteroatoms. The van der Waals surface area contributed by atoms with Crippen LogP contribution in [0, 0.1) is 10.8 Å². The number of hydrogen-bond donors (Lipinski definition) is 0. The predicted molar refractivity (Wildman–Crippen MR) is 86.2 cm³/mol. The quantitative estimate of drug-likeness (QED) is 0.684. The van der Waals surface area contributed by atoms with Crippen LogP contribution in [-0.4, -0.2) is 13.3 Å². The second-order valence-electron chi connectivity index (χ2n) is 8.40. The third-order valence-electron chi connectivity index (χ3n) is 3.31. The van der Waals surface area contributed by atoms with Gasteiger partial charge in [0, 0.05) is 0 Å². The Bertz CT molecular complexity index is 349. The van der Waals surface area contributed by atoms with Crippen LogP contribution in [0.25, 0.3) is 0 Å². The van der Waals surface area contributed by atoms with Crippen LogP contribution in [0.4, 0.5) is 0 Å². The molecule has 1 aromatic carbocycles. The zero-order valence-corrected chi connectivity index (χ0v) is 15.4. The second kappa shape index (κ2) is 5.40. The Morgan fingerprint density at radius 1 is 0.778 bits per heavy atom. The van der Waals surface area contributed by atoms with Crippen molar-refractivity contribution in [1.29, 1.82) is 0 Å². The Hall–Kier alpha value is -0.237.